The molecule has 1 N–H and O–H groups in total. The molecule has 1 saturated heterocycles. The third-order valence-corrected chi connectivity index (χ3v) is 3.93. The lowest BCUT2D eigenvalue weighted by Crippen LogP contribution is -2.33. The number of nitrogens with one attached hydrogen (secondary N) is 1. The highest BCUT2D eigenvalue weighted by Gasteiger charge is 2.29. The van der Waals surface area contributed by atoms with Gasteiger partial charge in [-0.3, -0.25) is 0 Å². The second-order valence-electron chi connectivity index (χ2n) is 5.57. The van der Waals surface area contributed by atoms with E-state index in [2.05, 4.69) is 15.3 Å². The molecule has 0 aromatic carbocycles. The van der Waals surface area contributed by atoms with Gasteiger partial charge in [0.05, 0.1) is 12.7 Å². The first-order valence-electron chi connectivity index (χ1n) is 7.45. The summed E-state index contributed by atoms with van der Waals surface area (Å²) in [7, 11) is 2.02. The molecule has 0 radical (unpaired) electrons. The van der Waals surface area contributed by atoms with E-state index in [4.69, 9.17) is 9.15 Å². The van der Waals surface area contributed by atoms with Gasteiger partial charge in [0.1, 0.15) is 17.7 Å². The van der Waals surface area contributed by atoms with Crippen LogP contribution in [0.5, 0.6) is 0 Å². The van der Waals surface area contributed by atoms with Crippen LogP contribution in [0.2, 0.25) is 0 Å². The van der Waals surface area contributed by atoms with Gasteiger partial charge in [-0.2, -0.15) is 0 Å². The molecule has 2 aromatic heterocycles. The first-order valence-corrected chi connectivity index (χ1v) is 7.45. The highest BCUT2D eigenvalue weighted by Crippen LogP contribution is 2.32. The molecule has 0 unspecified atom stereocenters. The van der Waals surface area contributed by atoms with Gasteiger partial charge in [-0.05, 0) is 12.8 Å². The van der Waals surface area contributed by atoms with Crippen molar-refractivity contribution in [1.29, 1.82) is 0 Å². The third-order valence-electron chi connectivity index (χ3n) is 3.93. The summed E-state index contributed by atoms with van der Waals surface area (Å²) in [6, 6.07) is 0. The number of imidazole rings is 1. The van der Waals surface area contributed by atoms with Crippen molar-refractivity contribution in [3.8, 4) is 0 Å². The van der Waals surface area contributed by atoms with Crippen LogP contribution in [0.4, 0.5) is 0 Å². The molecule has 3 rings (SSSR count). The topological polar surface area (TPSA) is 65.1 Å². The fraction of sp³-hybridized carbons (Fsp3) is 0.600. The zero-order valence-electron chi connectivity index (χ0n) is 12.6. The monoisotopic (exact) mass is 290 g/mol. The summed E-state index contributed by atoms with van der Waals surface area (Å²) in [5.74, 6) is 3.03. The van der Waals surface area contributed by atoms with Crippen LogP contribution >= 0.6 is 0 Å². The molecule has 0 amide bonds. The SMILES string of the molecule is Cc1ncc(CNC[C@@H]2CCCO[C@H]2c2nccn2C)o1. The number of hydrogen-bond acceptors (Lipinski definition) is 5. The summed E-state index contributed by atoms with van der Waals surface area (Å²) < 4.78 is 13.5. The largest absolute Gasteiger partial charge is 0.445 e. The number of aromatic nitrogens is 3. The second kappa shape index (κ2) is 6.41. The standard InChI is InChI=1S/C15H22N4O2/c1-11-18-10-13(21-11)9-16-8-12-4-3-7-20-14(12)15-17-5-6-19(15)2/h5-6,10,12,14,16H,3-4,7-9H2,1-2H3/t12-,14+/m0/s1. The van der Waals surface area contributed by atoms with Crippen molar-refractivity contribution in [2.45, 2.75) is 32.4 Å². The maximum atomic E-state index is 5.96. The molecule has 3 heterocycles. The molecule has 1 fully saturated rings. The van der Waals surface area contributed by atoms with E-state index in [1.165, 1.54) is 0 Å². The Morgan fingerprint density at radius 3 is 3.05 bits per heavy atom. The number of hydrogen-bond donors (Lipinski definition) is 1. The highest BCUT2D eigenvalue weighted by atomic mass is 16.5. The van der Waals surface area contributed by atoms with Crippen molar-refractivity contribution in [1.82, 2.24) is 19.9 Å². The van der Waals surface area contributed by atoms with Crippen LogP contribution in [0.15, 0.2) is 23.0 Å². The Kier molecular flexibility index (Phi) is 4.36. The highest BCUT2D eigenvalue weighted by molar-refractivity contribution is 5.00. The van der Waals surface area contributed by atoms with Crippen LogP contribution in [0.3, 0.4) is 0 Å². The molecular formula is C15H22N4O2. The third kappa shape index (κ3) is 3.33. The predicted molar refractivity (Wildman–Crippen MR) is 77.6 cm³/mol. The zero-order chi connectivity index (χ0) is 14.7. The van der Waals surface area contributed by atoms with E-state index < -0.39 is 0 Å². The lowest BCUT2D eigenvalue weighted by Gasteiger charge is -2.31. The molecule has 0 saturated carbocycles. The number of nitrogens with zero attached hydrogens (tertiary/aromatic N) is 3. The average Bonchev–Trinajstić information content (AvgIpc) is 3.08. The lowest BCUT2D eigenvalue weighted by molar-refractivity contribution is -0.0345. The fourth-order valence-corrected chi connectivity index (χ4v) is 2.86. The Morgan fingerprint density at radius 2 is 2.33 bits per heavy atom. The van der Waals surface area contributed by atoms with E-state index in [0.717, 1.165) is 37.6 Å². The minimum Gasteiger partial charge on any atom is -0.445 e. The molecular weight excluding hydrogens is 268 g/mol. The van der Waals surface area contributed by atoms with E-state index in [-0.39, 0.29) is 6.10 Å². The van der Waals surface area contributed by atoms with Crippen molar-refractivity contribution in [2.24, 2.45) is 13.0 Å². The van der Waals surface area contributed by atoms with Crippen molar-refractivity contribution in [3.05, 3.63) is 36.1 Å². The molecule has 21 heavy (non-hydrogen) atoms. The van der Waals surface area contributed by atoms with E-state index in [0.29, 0.717) is 18.4 Å². The molecule has 0 bridgehead atoms. The maximum Gasteiger partial charge on any atom is 0.191 e. The average molecular weight is 290 g/mol. The predicted octanol–water partition coefficient (Wildman–Crippen LogP) is 1.97. The van der Waals surface area contributed by atoms with E-state index >= 15 is 0 Å². The molecule has 1 aliphatic rings. The number of ether oxygens (including phenoxy) is 1. The maximum absolute atomic E-state index is 5.96. The van der Waals surface area contributed by atoms with Gasteiger partial charge in [0.15, 0.2) is 5.89 Å². The number of aryl methyl sites for hydroxylation is 2. The minimum absolute atomic E-state index is 0.0720. The fourth-order valence-electron chi connectivity index (χ4n) is 2.86. The summed E-state index contributed by atoms with van der Waals surface area (Å²) in [6.45, 7) is 4.26. The molecule has 114 valence electrons. The number of rotatable bonds is 5. The summed E-state index contributed by atoms with van der Waals surface area (Å²) in [5, 5.41) is 3.45. The van der Waals surface area contributed by atoms with Gasteiger partial charge in [-0.1, -0.05) is 0 Å². The van der Waals surface area contributed by atoms with Gasteiger partial charge in [-0.15, -0.1) is 0 Å². The quantitative estimate of drug-likeness (QED) is 0.912. The Morgan fingerprint density at radius 1 is 1.43 bits per heavy atom. The summed E-state index contributed by atoms with van der Waals surface area (Å²) in [4.78, 5) is 8.55. The van der Waals surface area contributed by atoms with E-state index in [1.54, 1.807) is 6.20 Å². The minimum atomic E-state index is 0.0720. The lowest BCUT2D eigenvalue weighted by atomic mass is 9.93. The summed E-state index contributed by atoms with van der Waals surface area (Å²) in [6.07, 6.45) is 7.90. The van der Waals surface area contributed by atoms with E-state index in [9.17, 15) is 0 Å². The van der Waals surface area contributed by atoms with Gasteiger partial charge in [-0.25, -0.2) is 9.97 Å². The molecule has 1 aliphatic heterocycles. The number of oxazole rings is 1. The second-order valence-corrected chi connectivity index (χ2v) is 5.57. The molecule has 0 aliphatic carbocycles. The molecule has 6 heteroatoms. The van der Waals surface area contributed by atoms with Crippen molar-refractivity contribution in [3.63, 3.8) is 0 Å². The van der Waals surface area contributed by atoms with Crippen LogP contribution in [-0.4, -0.2) is 27.7 Å². The zero-order valence-corrected chi connectivity index (χ0v) is 12.6. The summed E-state index contributed by atoms with van der Waals surface area (Å²) >= 11 is 0. The van der Waals surface area contributed by atoms with Gasteiger partial charge in [0.25, 0.3) is 0 Å². The normalized spacial score (nSPS) is 22.6. The van der Waals surface area contributed by atoms with Gasteiger partial charge in [0, 0.05) is 45.4 Å². The molecule has 2 aromatic rings. The first-order chi connectivity index (χ1) is 10.2. The van der Waals surface area contributed by atoms with Gasteiger partial charge >= 0.3 is 0 Å². The van der Waals surface area contributed by atoms with Gasteiger partial charge < -0.3 is 19.0 Å². The van der Waals surface area contributed by atoms with E-state index in [1.807, 2.05) is 30.9 Å². The van der Waals surface area contributed by atoms with Gasteiger partial charge in [0.2, 0.25) is 0 Å². The van der Waals surface area contributed by atoms with Crippen LogP contribution in [0.1, 0.15) is 36.4 Å². The molecule has 6 nitrogen and oxygen atoms in total. The summed E-state index contributed by atoms with van der Waals surface area (Å²) in [5.41, 5.74) is 0. The van der Waals surface area contributed by atoms with Crippen LogP contribution in [0.25, 0.3) is 0 Å². The smallest absolute Gasteiger partial charge is 0.191 e. The Balaban J connectivity index is 1.58. The Bertz CT molecular complexity index is 578. The molecule has 2 atom stereocenters. The van der Waals surface area contributed by atoms with Crippen LogP contribution in [0, 0.1) is 12.8 Å². The Hall–Kier alpha value is -1.66. The van der Waals surface area contributed by atoms with Crippen molar-refractivity contribution >= 4 is 0 Å². The van der Waals surface area contributed by atoms with Crippen molar-refractivity contribution in [2.75, 3.05) is 13.2 Å². The molecule has 0 spiro atoms. The Labute approximate surface area is 124 Å². The van der Waals surface area contributed by atoms with Crippen molar-refractivity contribution < 1.29 is 9.15 Å². The first kappa shape index (κ1) is 14.3. The van der Waals surface area contributed by atoms with Crippen LogP contribution < -0.4 is 5.32 Å². The van der Waals surface area contributed by atoms with Crippen LogP contribution in [-0.2, 0) is 18.3 Å².